The molecule has 1 aliphatic heterocycles. The molecular weight excluding hydrogens is 415 g/mol. The lowest BCUT2D eigenvalue weighted by Crippen LogP contribution is -2.44. The van der Waals surface area contributed by atoms with Crippen molar-refractivity contribution in [1.82, 2.24) is 15.5 Å². The number of rotatable bonds is 6. The third-order valence-electron chi connectivity index (χ3n) is 4.12. The highest BCUT2D eigenvalue weighted by Gasteiger charge is 2.17. The summed E-state index contributed by atoms with van der Waals surface area (Å²) in [5.41, 5.74) is 2.55. The minimum atomic E-state index is 0. The van der Waals surface area contributed by atoms with E-state index in [1.54, 1.807) is 0 Å². The third kappa shape index (κ3) is 6.30. The summed E-state index contributed by atoms with van der Waals surface area (Å²) in [7, 11) is 0. The van der Waals surface area contributed by atoms with E-state index in [-0.39, 0.29) is 29.9 Å². The first-order valence-electron chi connectivity index (χ1n) is 8.61. The number of hydrogen-bond acceptors (Lipinski definition) is 2. The van der Waals surface area contributed by atoms with Gasteiger partial charge in [0, 0.05) is 19.6 Å². The van der Waals surface area contributed by atoms with Crippen molar-refractivity contribution in [2.75, 3.05) is 26.2 Å². The molecule has 5 nitrogen and oxygen atoms in total. The van der Waals surface area contributed by atoms with E-state index in [1.165, 1.54) is 11.1 Å². The molecule has 1 aromatic carbocycles. The average Bonchev–Trinajstić information content (AvgIpc) is 3.12. The molecule has 0 unspecified atom stereocenters. The van der Waals surface area contributed by atoms with E-state index in [2.05, 4.69) is 40.7 Å². The SMILES string of the molecule is CCNC(=NCc1ccccc1CC)NCC(=O)N1CCCC1.I. The Balaban J connectivity index is 0.00000288. The van der Waals surface area contributed by atoms with Crippen molar-refractivity contribution in [1.29, 1.82) is 0 Å². The minimum absolute atomic E-state index is 0. The molecule has 0 bridgehead atoms. The fourth-order valence-corrected chi connectivity index (χ4v) is 2.80. The van der Waals surface area contributed by atoms with Crippen LogP contribution in [0.1, 0.15) is 37.8 Å². The topological polar surface area (TPSA) is 56.7 Å². The molecule has 0 saturated carbocycles. The number of nitrogens with one attached hydrogen (secondary N) is 2. The van der Waals surface area contributed by atoms with Crippen LogP contribution >= 0.6 is 24.0 Å². The maximum atomic E-state index is 12.1. The highest BCUT2D eigenvalue weighted by Crippen LogP contribution is 2.10. The normalized spacial score (nSPS) is 14.2. The number of benzene rings is 1. The zero-order valence-corrected chi connectivity index (χ0v) is 17.0. The number of carbonyl (C=O) groups excluding carboxylic acids is 1. The van der Waals surface area contributed by atoms with Crippen LogP contribution in [0.3, 0.4) is 0 Å². The molecule has 0 atom stereocenters. The predicted octanol–water partition coefficient (Wildman–Crippen LogP) is 2.54. The predicted molar refractivity (Wildman–Crippen MR) is 110 cm³/mol. The Morgan fingerprint density at radius 1 is 1.12 bits per heavy atom. The summed E-state index contributed by atoms with van der Waals surface area (Å²) in [6.45, 7) is 7.66. The molecule has 24 heavy (non-hydrogen) atoms. The van der Waals surface area contributed by atoms with Crippen LogP contribution in [-0.4, -0.2) is 42.9 Å². The second-order valence-electron chi connectivity index (χ2n) is 5.76. The van der Waals surface area contributed by atoms with Crippen molar-refractivity contribution >= 4 is 35.8 Å². The van der Waals surface area contributed by atoms with Crippen LogP contribution < -0.4 is 10.6 Å². The Labute approximate surface area is 162 Å². The van der Waals surface area contributed by atoms with Gasteiger partial charge in [0.25, 0.3) is 0 Å². The van der Waals surface area contributed by atoms with Crippen molar-refractivity contribution in [3.63, 3.8) is 0 Å². The Bertz CT molecular complexity index is 542. The van der Waals surface area contributed by atoms with Gasteiger partial charge in [-0.1, -0.05) is 31.2 Å². The molecule has 1 aliphatic rings. The van der Waals surface area contributed by atoms with Crippen molar-refractivity contribution in [3.8, 4) is 0 Å². The lowest BCUT2D eigenvalue weighted by Gasteiger charge is -2.17. The summed E-state index contributed by atoms with van der Waals surface area (Å²) in [6, 6.07) is 8.36. The van der Waals surface area contributed by atoms with Crippen LogP contribution in [-0.2, 0) is 17.8 Å². The molecule has 1 aromatic rings. The number of hydrogen-bond donors (Lipinski definition) is 2. The number of nitrogens with zero attached hydrogens (tertiary/aromatic N) is 2. The van der Waals surface area contributed by atoms with E-state index in [0.717, 1.165) is 38.9 Å². The number of halogens is 1. The number of amides is 1. The van der Waals surface area contributed by atoms with Crippen LogP contribution in [0.4, 0.5) is 0 Å². The van der Waals surface area contributed by atoms with Crippen molar-refractivity contribution in [3.05, 3.63) is 35.4 Å². The highest BCUT2D eigenvalue weighted by atomic mass is 127. The van der Waals surface area contributed by atoms with Gasteiger partial charge in [-0.05, 0) is 37.3 Å². The Hall–Kier alpha value is -1.31. The van der Waals surface area contributed by atoms with Crippen LogP contribution in [0.15, 0.2) is 29.3 Å². The van der Waals surface area contributed by atoms with E-state index < -0.39 is 0 Å². The number of carbonyl (C=O) groups is 1. The Morgan fingerprint density at radius 2 is 1.79 bits per heavy atom. The Kier molecular flexibility index (Phi) is 9.75. The monoisotopic (exact) mass is 444 g/mol. The first-order chi connectivity index (χ1) is 11.2. The van der Waals surface area contributed by atoms with Gasteiger partial charge in [0.05, 0.1) is 13.1 Å². The van der Waals surface area contributed by atoms with E-state index >= 15 is 0 Å². The molecule has 0 spiro atoms. The molecule has 1 amide bonds. The first kappa shape index (κ1) is 20.7. The van der Waals surface area contributed by atoms with E-state index in [0.29, 0.717) is 19.0 Å². The van der Waals surface area contributed by atoms with Gasteiger partial charge < -0.3 is 15.5 Å². The lowest BCUT2D eigenvalue weighted by atomic mass is 10.1. The zero-order valence-electron chi connectivity index (χ0n) is 14.7. The summed E-state index contributed by atoms with van der Waals surface area (Å²) < 4.78 is 0. The summed E-state index contributed by atoms with van der Waals surface area (Å²) >= 11 is 0. The van der Waals surface area contributed by atoms with E-state index in [1.807, 2.05) is 17.9 Å². The molecule has 1 heterocycles. The molecule has 0 aromatic heterocycles. The number of guanidine groups is 1. The number of aryl methyl sites for hydroxylation is 1. The fraction of sp³-hybridized carbons (Fsp3) is 0.556. The second-order valence-corrected chi connectivity index (χ2v) is 5.76. The second kappa shape index (κ2) is 11.3. The van der Waals surface area contributed by atoms with Gasteiger partial charge in [-0.25, -0.2) is 4.99 Å². The van der Waals surface area contributed by atoms with Crippen LogP contribution in [0.25, 0.3) is 0 Å². The molecule has 134 valence electrons. The molecule has 2 N–H and O–H groups in total. The highest BCUT2D eigenvalue weighted by molar-refractivity contribution is 14.0. The van der Waals surface area contributed by atoms with Crippen LogP contribution in [0.5, 0.6) is 0 Å². The van der Waals surface area contributed by atoms with Crippen LogP contribution in [0, 0.1) is 0 Å². The molecular formula is C18H29IN4O. The first-order valence-corrected chi connectivity index (χ1v) is 8.61. The van der Waals surface area contributed by atoms with Crippen LogP contribution in [0.2, 0.25) is 0 Å². The average molecular weight is 444 g/mol. The molecule has 1 saturated heterocycles. The van der Waals surface area contributed by atoms with Gasteiger partial charge in [0.1, 0.15) is 0 Å². The van der Waals surface area contributed by atoms with Crippen molar-refractivity contribution in [2.45, 2.75) is 39.7 Å². The largest absolute Gasteiger partial charge is 0.357 e. The summed E-state index contributed by atoms with van der Waals surface area (Å²) in [5, 5.41) is 6.36. The van der Waals surface area contributed by atoms with Gasteiger partial charge in [0.2, 0.25) is 5.91 Å². The molecule has 6 heteroatoms. The van der Waals surface area contributed by atoms with Gasteiger partial charge in [0.15, 0.2) is 5.96 Å². The molecule has 1 fully saturated rings. The maximum absolute atomic E-state index is 12.1. The maximum Gasteiger partial charge on any atom is 0.241 e. The lowest BCUT2D eigenvalue weighted by molar-refractivity contribution is -0.128. The van der Waals surface area contributed by atoms with Gasteiger partial charge in [-0.15, -0.1) is 24.0 Å². The van der Waals surface area contributed by atoms with Crippen molar-refractivity contribution < 1.29 is 4.79 Å². The molecule has 0 radical (unpaired) electrons. The Morgan fingerprint density at radius 3 is 2.42 bits per heavy atom. The van der Waals surface area contributed by atoms with E-state index in [4.69, 9.17) is 0 Å². The fourth-order valence-electron chi connectivity index (χ4n) is 2.80. The minimum Gasteiger partial charge on any atom is -0.357 e. The zero-order chi connectivity index (χ0) is 16.5. The number of likely N-dealkylation sites (tertiary alicyclic amines) is 1. The van der Waals surface area contributed by atoms with Gasteiger partial charge in [-0.3, -0.25) is 4.79 Å². The smallest absolute Gasteiger partial charge is 0.241 e. The summed E-state index contributed by atoms with van der Waals surface area (Å²) in [4.78, 5) is 18.6. The van der Waals surface area contributed by atoms with Gasteiger partial charge in [-0.2, -0.15) is 0 Å². The van der Waals surface area contributed by atoms with Gasteiger partial charge >= 0.3 is 0 Å². The summed E-state index contributed by atoms with van der Waals surface area (Å²) in [6.07, 6.45) is 3.24. The van der Waals surface area contributed by atoms with E-state index in [9.17, 15) is 4.79 Å². The number of aliphatic imine (C=N–C) groups is 1. The van der Waals surface area contributed by atoms with Crippen molar-refractivity contribution in [2.24, 2.45) is 4.99 Å². The third-order valence-corrected chi connectivity index (χ3v) is 4.12. The quantitative estimate of drug-likeness (QED) is 0.403. The summed E-state index contributed by atoms with van der Waals surface area (Å²) in [5.74, 6) is 0.855. The molecule has 2 rings (SSSR count). The molecule has 0 aliphatic carbocycles. The standard InChI is InChI=1S/C18H28N4O.HI/c1-3-15-9-5-6-10-16(15)13-20-18(19-4-2)21-14-17(23)22-11-7-8-12-22;/h5-6,9-10H,3-4,7-8,11-14H2,1-2H3,(H2,19,20,21);1H.